The minimum atomic E-state index is -0.0174. The third kappa shape index (κ3) is 4.32. The lowest BCUT2D eigenvalue weighted by Gasteiger charge is -2.20. The van der Waals surface area contributed by atoms with Gasteiger partial charge in [0.2, 0.25) is 0 Å². The van der Waals surface area contributed by atoms with Crippen LogP contribution in [0, 0.1) is 0 Å². The minimum absolute atomic E-state index is 0.0174. The highest BCUT2D eigenvalue weighted by Gasteiger charge is 2.16. The Labute approximate surface area is 120 Å². The fraction of sp³-hybridized carbons (Fsp3) is 0.375. The van der Waals surface area contributed by atoms with Gasteiger partial charge in [-0.1, -0.05) is 50.6 Å². The number of phenols is 1. The number of allylic oxidation sites excluding steroid dienone is 4. The Balaban J connectivity index is 3.02. The van der Waals surface area contributed by atoms with Crippen LogP contribution in [-0.4, -0.2) is 10.2 Å². The van der Waals surface area contributed by atoms with Crippen LogP contribution in [0.15, 0.2) is 41.1 Å². The fourth-order valence-corrected chi connectivity index (χ4v) is 1.88. The Morgan fingerprint density at radius 2 is 1.95 bits per heavy atom. The van der Waals surface area contributed by atoms with Gasteiger partial charge >= 0.3 is 0 Å². The maximum atomic E-state index is 10.0. The predicted molar refractivity (Wildman–Crippen MR) is 80.8 cm³/mol. The van der Waals surface area contributed by atoms with E-state index in [-0.39, 0.29) is 23.3 Å². The zero-order valence-corrected chi connectivity index (χ0v) is 12.6. The summed E-state index contributed by atoms with van der Waals surface area (Å²) in [4.78, 5) is 0. The lowest BCUT2D eigenvalue weighted by atomic mass is 9.86. The first-order valence-electron chi connectivity index (χ1n) is 6.28. The van der Waals surface area contributed by atoms with Crippen LogP contribution in [0.3, 0.4) is 0 Å². The summed E-state index contributed by atoms with van der Waals surface area (Å²) in [5.41, 5.74) is 1.70. The molecule has 0 aromatic heterocycles. The van der Waals surface area contributed by atoms with E-state index in [1.807, 2.05) is 19.1 Å². The van der Waals surface area contributed by atoms with E-state index in [1.54, 1.807) is 18.2 Å². The number of rotatable bonds is 3. The van der Waals surface area contributed by atoms with E-state index in [1.165, 1.54) is 0 Å². The quantitative estimate of drug-likeness (QED) is 0.616. The molecule has 0 saturated carbocycles. The molecule has 0 atom stereocenters. The van der Waals surface area contributed by atoms with Crippen LogP contribution in [0.5, 0.6) is 5.75 Å². The molecule has 2 N–H and O–H groups in total. The van der Waals surface area contributed by atoms with E-state index in [0.29, 0.717) is 10.6 Å². The van der Waals surface area contributed by atoms with Crippen LogP contribution in [0.2, 0.25) is 0 Å². The zero-order chi connectivity index (χ0) is 14.6. The monoisotopic (exact) mass is 280 g/mol. The van der Waals surface area contributed by atoms with Crippen molar-refractivity contribution in [1.82, 2.24) is 0 Å². The number of hydrogen-bond donors (Lipinski definition) is 2. The van der Waals surface area contributed by atoms with Crippen LogP contribution >= 0.6 is 11.6 Å². The van der Waals surface area contributed by atoms with Crippen molar-refractivity contribution in [3.8, 4) is 5.75 Å². The fourth-order valence-electron chi connectivity index (χ4n) is 1.69. The summed E-state index contributed by atoms with van der Waals surface area (Å²) in [7, 11) is 0. The molecule has 0 radical (unpaired) electrons. The van der Waals surface area contributed by atoms with Crippen LogP contribution < -0.4 is 0 Å². The first kappa shape index (κ1) is 15.6. The molecule has 0 spiro atoms. The van der Waals surface area contributed by atoms with Gasteiger partial charge in [0.25, 0.3) is 0 Å². The van der Waals surface area contributed by atoms with Gasteiger partial charge in [0.1, 0.15) is 11.5 Å². The van der Waals surface area contributed by atoms with Gasteiger partial charge in [-0.05, 0) is 30.0 Å². The highest BCUT2D eigenvalue weighted by atomic mass is 35.5. The molecule has 0 aliphatic heterocycles. The zero-order valence-electron chi connectivity index (χ0n) is 11.9. The van der Waals surface area contributed by atoms with E-state index >= 15 is 0 Å². The first-order chi connectivity index (χ1) is 8.75. The van der Waals surface area contributed by atoms with Gasteiger partial charge in [-0.25, -0.2) is 0 Å². The molecule has 0 aliphatic carbocycles. The summed E-state index contributed by atoms with van der Waals surface area (Å²) >= 11 is 5.90. The number of aliphatic hydroxyl groups excluding tert-OH is 1. The van der Waals surface area contributed by atoms with E-state index in [9.17, 15) is 10.2 Å². The third-order valence-corrected chi connectivity index (χ3v) is 3.24. The molecular weight excluding hydrogens is 260 g/mol. The van der Waals surface area contributed by atoms with Crippen molar-refractivity contribution < 1.29 is 10.2 Å². The van der Waals surface area contributed by atoms with E-state index < -0.39 is 0 Å². The molecule has 0 heterocycles. The average molecular weight is 281 g/mol. The van der Waals surface area contributed by atoms with Crippen molar-refractivity contribution in [1.29, 1.82) is 0 Å². The number of hydrogen-bond acceptors (Lipinski definition) is 2. The summed E-state index contributed by atoms with van der Waals surface area (Å²) in [5, 5.41) is 20.2. The summed E-state index contributed by atoms with van der Waals surface area (Å²) < 4.78 is 0. The third-order valence-electron chi connectivity index (χ3n) is 2.90. The van der Waals surface area contributed by atoms with Gasteiger partial charge in [-0.15, -0.1) is 0 Å². The lowest BCUT2D eigenvalue weighted by Crippen LogP contribution is -2.11. The summed E-state index contributed by atoms with van der Waals surface area (Å²) in [6.07, 6.45) is 3.60. The molecule has 3 heteroatoms. The van der Waals surface area contributed by atoms with Gasteiger partial charge in [0.15, 0.2) is 0 Å². The molecule has 104 valence electrons. The Hall–Kier alpha value is -1.41. The number of aromatic hydroxyl groups is 1. The maximum absolute atomic E-state index is 10.0. The van der Waals surface area contributed by atoms with Crippen LogP contribution in [0.1, 0.15) is 38.8 Å². The summed E-state index contributed by atoms with van der Waals surface area (Å²) in [6.45, 7) is 8.08. The Bertz CT molecular complexity index is 508. The van der Waals surface area contributed by atoms with Crippen molar-refractivity contribution in [2.45, 2.75) is 39.5 Å². The van der Waals surface area contributed by atoms with Crippen LogP contribution in [0.25, 0.3) is 0 Å². The number of benzene rings is 1. The standard InChI is InChI=1S/C16H21ClO2/c1-5-6-13(17)15(19)9-11-7-8-12(10-14(11)18)16(2,3)4/h5-8,10,18-19H,9H2,1-4H3/b6-5-,15-13-. The smallest absolute Gasteiger partial charge is 0.119 e. The second-order valence-electron chi connectivity index (χ2n) is 5.56. The van der Waals surface area contributed by atoms with E-state index in [4.69, 9.17) is 11.6 Å². The van der Waals surface area contributed by atoms with Crippen molar-refractivity contribution in [3.63, 3.8) is 0 Å². The molecular formula is C16H21ClO2. The second kappa shape index (κ2) is 6.16. The van der Waals surface area contributed by atoms with Crippen molar-refractivity contribution >= 4 is 11.6 Å². The molecule has 0 saturated heterocycles. The molecule has 0 amide bonds. The van der Waals surface area contributed by atoms with E-state index in [2.05, 4.69) is 20.8 Å². The topological polar surface area (TPSA) is 40.5 Å². The molecule has 0 aliphatic rings. The maximum Gasteiger partial charge on any atom is 0.119 e. The first-order valence-corrected chi connectivity index (χ1v) is 6.66. The van der Waals surface area contributed by atoms with Gasteiger partial charge < -0.3 is 10.2 Å². The molecule has 1 aromatic carbocycles. The van der Waals surface area contributed by atoms with Crippen molar-refractivity contribution in [3.05, 3.63) is 52.3 Å². The van der Waals surface area contributed by atoms with Crippen molar-refractivity contribution in [2.24, 2.45) is 0 Å². The largest absolute Gasteiger partial charge is 0.510 e. The van der Waals surface area contributed by atoms with Crippen molar-refractivity contribution in [2.75, 3.05) is 0 Å². The molecule has 2 nitrogen and oxygen atoms in total. The van der Waals surface area contributed by atoms with Crippen LogP contribution in [0.4, 0.5) is 0 Å². The van der Waals surface area contributed by atoms with Gasteiger partial charge in [-0.3, -0.25) is 0 Å². The molecule has 0 fully saturated rings. The predicted octanol–water partition coefficient (Wildman–Crippen LogP) is 4.82. The lowest BCUT2D eigenvalue weighted by molar-refractivity contribution is 0.392. The van der Waals surface area contributed by atoms with Gasteiger partial charge in [-0.2, -0.15) is 0 Å². The summed E-state index contributed by atoms with van der Waals surface area (Å²) in [6, 6.07) is 5.53. The number of phenolic OH excluding ortho intramolecular Hbond substituents is 1. The van der Waals surface area contributed by atoms with Gasteiger partial charge in [0, 0.05) is 12.0 Å². The number of halogens is 1. The molecule has 19 heavy (non-hydrogen) atoms. The highest BCUT2D eigenvalue weighted by Crippen LogP contribution is 2.29. The summed E-state index contributed by atoms with van der Waals surface area (Å²) in [5.74, 6) is 0.238. The van der Waals surface area contributed by atoms with Gasteiger partial charge in [0.05, 0.1) is 5.03 Å². The minimum Gasteiger partial charge on any atom is -0.510 e. The van der Waals surface area contributed by atoms with Crippen LogP contribution in [-0.2, 0) is 11.8 Å². The molecule has 0 bridgehead atoms. The molecule has 1 aromatic rings. The highest BCUT2D eigenvalue weighted by molar-refractivity contribution is 6.31. The average Bonchev–Trinajstić information content (AvgIpc) is 2.30. The second-order valence-corrected chi connectivity index (χ2v) is 5.97. The van der Waals surface area contributed by atoms with E-state index in [0.717, 1.165) is 5.56 Å². The Morgan fingerprint density at radius 1 is 1.32 bits per heavy atom. The Kier molecular flexibility index (Phi) is 5.07. The number of aliphatic hydroxyl groups is 1. The Morgan fingerprint density at radius 3 is 2.42 bits per heavy atom. The SMILES string of the molecule is C/C=C\C(Cl)=C(\O)Cc1ccc(C(C)(C)C)cc1O. The molecule has 1 rings (SSSR count). The molecule has 0 unspecified atom stereocenters. The normalized spacial score (nSPS) is 13.7.